The van der Waals surface area contributed by atoms with Gasteiger partial charge in [-0.1, -0.05) is 12.1 Å². The molecule has 0 aliphatic carbocycles. The van der Waals surface area contributed by atoms with Crippen molar-refractivity contribution >= 4 is 22.6 Å². The van der Waals surface area contributed by atoms with Crippen molar-refractivity contribution in [2.45, 2.75) is 6.42 Å². The van der Waals surface area contributed by atoms with Crippen LogP contribution >= 0.6 is 0 Å². The van der Waals surface area contributed by atoms with Gasteiger partial charge in [-0.05, 0) is 49.4 Å². The molecule has 2 heterocycles. The van der Waals surface area contributed by atoms with E-state index in [0.29, 0.717) is 35.5 Å². The molecule has 1 saturated heterocycles. The fourth-order valence-electron chi connectivity index (χ4n) is 3.60. The molecule has 7 heteroatoms. The molecule has 0 spiro atoms. The van der Waals surface area contributed by atoms with Gasteiger partial charge < -0.3 is 10.2 Å². The van der Waals surface area contributed by atoms with Crippen molar-refractivity contribution in [3.8, 4) is 0 Å². The van der Waals surface area contributed by atoms with Crippen LogP contribution in [0.3, 0.4) is 0 Å². The molecule has 0 radical (unpaired) electrons. The van der Waals surface area contributed by atoms with E-state index in [-0.39, 0.29) is 23.1 Å². The van der Waals surface area contributed by atoms with E-state index < -0.39 is 0 Å². The molecule has 1 aliphatic heterocycles. The molecule has 0 amide bonds. The van der Waals surface area contributed by atoms with Gasteiger partial charge in [0.2, 0.25) is 5.95 Å². The summed E-state index contributed by atoms with van der Waals surface area (Å²) in [5.41, 5.74) is 1.04. The van der Waals surface area contributed by atoms with Crippen LogP contribution in [0.4, 0.5) is 10.3 Å². The van der Waals surface area contributed by atoms with Crippen LogP contribution < -0.4 is 10.9 Å². The Kier molecular flexibility index (Phi) is 5.16. The lowest BCUT2D eigenvalue weighted by Gasteiger charge is -2.16. The van der Waals surface area contributed by atoms with E-state index in [1.165, 1.54) is 12.1 Å². The van der Waals surface area contributed by atoms with E-state index in [9.17, 15) is 14.0 Å². The number of H-pyrrole nitrogens is 1. The van der Waals surface area contributed by atoms with Gasteiger partial charge in [-0.15, -0.1) is 0 Å². The summed E-state index contributed by atoms with van der Waals surface area (Å²) in [6, 6.07) is 12.9. The Labute approximate surface area is 161 Å². The lowest BCUT2D eigenvalue weighted by atomic mass is 9.97. The molecule has 6 nitrogen and oxygen atoms in total. The van der Waals surface area contributed by atoms with Crippen molar-refractivity contribution in [1.82, 2.24) is 14.9 Å². The highest BCUT2D eigenvalue weighted by molar-refractivity contribution is 5.98. The van der Waals surface area contributed by atoms with E-state index in [2.05, 4.69) is 20.2 Å². The van der Waals surface area contributed by atoms with Crippen molar-refractivity contribution in [2.24, 2.45) is 5.92 Å². The summed E-state index contributed by atoms with van der Waals surface area (Å²) in [7, 11) is 0. The third-order valence-electron chi connectivity index (χ3n) is 5.11. The maximum Gasteiger partial charge on any atom is 0.260 e. The second-order valence-electron chi connectivity index (χ2n) is 7.02. The molecular weight excluding hydrogens is 359 g/mol. The van der Waals surface area contributed by atoms with Crippen LogP contribution in [0.5, 0.6) is 0 Å². The molecule has 0 saturated carbocycles. The first kappa shape index (κ1) is 18.3. The molecule has 1 unspecified atom stereocenters. The van der Waals surface area contributed by atoms with Crippen molar-refractivity contribution < 1.29 is 9.18 Å². The van der Waals surface area contributed by atoms with Crippen molar-refractivity contribution in [3.05, 3.63) is 70.3 Å². The van der Waals surface area contributed by atoms with Crippen LogP contribution in [0.1, 0.15) is 16.8 Å². The van der Waals surface area contributed by atoms with Crippen LogP contribution in [0.15, 0.2) is 53.3 Å². The number of Topliss-reactive ketones (excluding diaryl/α,β-unsaturated/α-hetero) is 1. The third-order valence-corrected chi connectivity index (χ3v) is 5.11. The topological polar surface area (TPSA) is 78.1 Å². The summed E-state index contributed by atoms with van der Waals surface area (Å²) in [5, 5.41) is 3.72. The van der Waals surface area contributed by atoms with Gasteiger partial charge in [0.15, 0.2) is 5.78 Å². The Morgan fingerprint density at radius 2 is 2.00 bits per heavy atom. The number of hydrogen-bond donors (Lipinski definition) is 2. The number of nitrogens with zero attached hydrogens (tertiary/aromatic N) is 2. The fourth-order valence-corrected chi connectivity index (χ4v) is 3.60. The molecule has 1 aromatic heterocycles. The number of para-hydroxylation sites is 1. The second-order valence-corrected chi connectivity index (χ2v) is 7.02. The number of nitrogens with one attached hydrogen (secondary N) is 2. The molecule has 1 aliphatic rings. The van der Waals surface area contributed by atoms with Gasteiger partial charge in [-0.25, -0.2) is 9.37 Å². The first-order valence-electron chi connectivity index (χ1n) is 9.35. The summed E-state index contributed by atoms with van der Waals surface area (Å²) in [5.74, 6) is 0.109. The van der Waals surface area contributed by atoms with Crippen LogP contribution in [-0.4, -0.2) is 46.8 Å². The number of likely N-dealkylation sites (tertiary alicyclic amines) is 1. The largest absolute Gasteiger partial charge is 0.354 e. The molecule has 1 atom stereocenters. The zero-order chi connectivity index (χ0) is 19.5. The van der Waals surface area contributed by atoms with Gasteiger partial charge in [-0.3, -0.25) is 14.6 Å². The minimum Gasteiger partial charge on any atom is -0.354 e. The second kappa shape index (κ2) is 7.90. The molecule has 4 rings (SSSR count). The third kappa shape index (κ3) is 3.94. The first-order valence-corrected chi connectivity index (χ1v) is 9.35. The lowest BCUT2D eigenvalue weighted by molar-refractivity contribution is 0.0923. The minimum atomic E-state index is -0.337. The number of rotatable bonds is 6. The molecule has 1 fully saturated rings. The SMILES string of the molecule is O=C(c1ccc(F)cc1)C1CCN(CCNc2nc3ccccc3c(=O)[nH]2)C1. The Morgan fingerprint density at radius 3 is 2.82 bits per heavy atom. The van der Waals surface area contributed by atoms with Crippen molar-refractivity contribution in [1.29, 1.82) is 0 Å². The quantitative estimate of drug-likeness (QED) is 0.643. The number of aromatic nitrogens is 2. The average Bonchev–Trinajstić information content (AvgIpc) is 3.17. The predicted molar refractivity (Wildman–Crippen MR) is 106 cm³/mol. The summed E-state index contributed by atoms with van der Waals surface area (Å²) < 4.78 is 13.0. The minimum absolute atomic E-state index is 0.0657. The molecule has 2 aromatic carbocycles. The molecule has 28 heavy (non-hydrogen) atoms. The summed E-state index contributed by atoms with van der Waals surface area (Å²) in [4.78, 5) is 34.0. The summed E-state index contributed by atoms with van der Waals surface area (Å²) in [6.45, 7) is 2.86. The Balaban J connectivity index is 1.31. The molecule has 144 valence electrons. The Hall–Kier alpha value is -3.06. The van der Waals surface area contributed by atoms with Crippen LogP contribution in [0.25, 0.3) is 10.9 Å². The molecule has 3 aromatic rings. The number of halogens is 1. The summed E-state index contributed by atoms with van der Waals surface area (Å²) >= 11 is 0. The highest BCUT2D eigenvalue weighted by Gasteiger charge is 2.28. The molecule has 2 N–H and O–H groups in total. The number of benzene rings is 2. The fraction of sp³-hybridized carbons (Fsp3) is 0.286. The van der Waals surface area contributed by atoms with E-state index in [1.54, 1.807) is 18.2 Å². The number of ketones is 1. The Morgan fingerprint density at radius 1 is 1.21 bits per heavy atom. The van der Waals surface area contributed by atoms with Gasteiger partial charge >= 0.3 is 0 Å². The first-order chi connectivity index (χ1) is 13.6. The van der Waals surface area contributed by atoms with Gasteiger partial charge in [0, 0.05) is 31.1 Å². The van der Waals surface area contributed by atoms with Gasteiger partial charge in [0.25, 0.3) is 5.56 Å². The zero-order valence-electron chi connectivity index (χ0n) is 15.3. The maximum absolute atomic E-state index is 13.0. The van der Waals surface area contributed by atoms with Gasteiger partial charge in [0.1, 0.15) is 5.82 Å². The smallest absolute Gasteiger partial charge is 0.260 e. The standard InChI is InChI=1S/C21H21FN4O2/c22-16-7-5-14(6-8-16)19(27)15-9-11-26(13-15)12-10-23-21-24-18-4-2-1-3-17(18)20(28)25-21/h1-8,15H,9-13H2,(H2,23,24,25,28). The number of carbonyl (C=O) groups is 1. The molecule has 0 bridgehead atoms. The van der Waals surface area contributed by atoms with Gasteiger partial charge in [0.05, 0.1) is 10.9 Å². The lowest BCUT2D eigenvalue weighted by Crippen LogP contribution is -2.29. The van der Waals surface area contributed by atoms with Crippen molar-refractivity contribution in [2.75, 3.05) is 31.5 Å². The number of carbonyl (C=O) groups excluding carboxylic acids is 1. The van der Waals surface area contributed by atoms with Crippen LogP contribution in [-0.2, 0) is 0 Å². The van der Waals surface area contributed by atoms with E-state index in [0.717, 1.165) is 19.5 Å². The van der Waals surface area contributed by atoms with Crippen LogP contribution in [0, 0.1) is 11.7 Å². The van der Waals surface area contributed by atoms with E-state index >= 15 is 0 Å². The maximum atomic E-state index is 13.0. The number of hydrogen-bond acceptors (Lipinski definition) is 5. The summed E-state index contributed by atoms with van der Waals surface area (Å²) in [6.07, 6.45) is 0.793. The monoisotopic (exact) mass is 380 g/mol. The number of anilines is 1. The molecular formula is C21H21FN4O2. The normalized spacial score (nSPS) is 17.1. The van der Waals surface area contributed by atoms with E-state index in [4.69, 9.17) is 0 Å². The van der Waals surface area contributed by atoms with Crippen LogP contribution in [0.2, 0.25) is 0 Å². The number of fused-ring (bicyclic) bond motifs is 1. The highest BCUT2D eigenvalue weighted by Crippen LogP contribution is 2.21. The van der Waals surface area contributed by atoms with E-state index in [1.807, 2.05) is 18.2 Å². The average molecular weight is 380 g/mol. The highest BCUT2D eigenvalue weighted by atomic mass is 19.1. The predicted octanol–water partition coefficient (Wildman–Crippen LogP) is 2.68. The zero-order valence-corrected chi connectivity index (χ0v) is 15.3. The van der Waals surface area contributed by atoms with Crippen molar-refractivity contribution in [3.63, 3.8) is 0 Å². The van der Waals surface area contributed by atoms with Gasteiger partial charge in [-0.2, -0.15) is 0 Å². The number of aromatic amines is 1. The Bertz CT molecular complexity index is 1050.